The molecule has 0 unspecified atom stereocenters. The normalized spacial score (nSPS) is 10.1. The molecule has 2 aromatic carbocycles. The fourth-order valence-electron chi connectivity index (χ4n) is 2.10. The highest BCUT2D eigenvalue weighted by Crippen LogP contribution is 2.12. The van der Waals surface area contributed by atoms with Gasteiger partial charge in [0.25, 0.3) is 5.91 Å². The van der Waals surface area contributed by atoms with E-state index in [-0.39, 0.29) is 12.5 Å². The Morgan fingerprint density at radius 3 is 2.58 bits per heavy atom. The van der Waals surface area contributed by atoms with Crippen LogP contribution >= 0.6 is 11.6 Å². The third-order valence-electron chi connectivity index (χ3n) is 3.26. The van der Waals surface area contributed by atoms with Crippen LogP contribution in [0, 0.1) is 0 Å². The van der Waals surface area contributed by atoms with E-state index in [9.17, 15) is 9.59 Å². The predicted octanol–water partition coefficient (Wildman–Crippen LogP) is 3.88. The van der Waals surface area contributed by atoms with Crippen LogP contribution in [-0.4, -0.2) is 25.2 Å². The Hall–Kier alpha value is -2.53. The first-order valence-electron chi connectivity index (χ1n) is 7.65. The summed E-state index contributed by atoms with van der Waals surface area (Å²) in [6.07, 6.45) is 0.168. The van der Waals surface area contributed by atoms with Gasteiger partial charge in [-0.3, -0.25) is 10.1 Å². The van der Waals surface area contributed by atoms with Gasteiger partial charge in [-0.25, -0.2) is 4.79 Å². The molecule has 0 bridgehead atoms. The van der Waals surface area contributed by atoms with E-state index in [1.165, 1.54) is 0 Å². The number of amides is 2. The van der Waals surface area contributed by atoms with Gasteiger partial charge in [-0.05, 0) is 49.2 Å². The molecule has 126 valence electrons. The fraction of sp³-hybridized carbons (Fsp3) is 0.222. The molecule has 0 fully saturated rings. The summed E-state index contributed by atoms with van der Waals surface area (Å²) in [5.41, 5.74) is 2.08. The third-order valence-corrected chi connectivity index (χ3v) is 3.51. The number of rotatable bonds is 6. The molecule has 0 aliphatic carbocycles. The van der Waals surface area contributed by atoms with Crippen LogP contribution in [0.3, 0.4) is 0 Å². The van der Waals surface area contributed by atoms with Crippen LogP contribution < -0.4 is 10.6 Å². The number of halogens is 1. The highest BCUT2D eigenvalue weighted by Gasteiger charge is 2.08. The summed E-state index contributed by atoms with van der Waals surface area (Å²) >= 11 is 5.84. The van der Waals surface area contributed by atoms with Gasteiger partial charge in [-0.2, -0.15) is 0 Å². The SMILES string of the molecule is CCOC(=O)Nc1cccc(C(=O)NCCc2ccc(Cl)cc2)c1. The molecule has 2 amide bonds. The van der Waals surface area contributed by atoms with E-state index in [0.717, 1.165) is 5.56 Å². The van der Waals surface area contributed by atoms with Crippen molar-refractivity contribution < 1.29 is 14.3 Å². The smallest absolute Gasteiger partial charge is 0.411 e. The van der Waals surface area contributed by atoms with E-state index >= 15 is 0 Å². The first-order chi connectivity index (χ1) is 11.6. The van der Waals surface area contributed by atoms with Crippen molar-refractivity contribution in [2.24, 2.45) is 0 Å². The molecule has 2 rings (SSSR count). The Balaban J connectivity index is 1.87. The molecule has 6 heteroatoms. The molecule has 2 aromatic rings. The standard InChI is InChI=1S/C18H19ClN2O3/c1-2-24-18(23)21-16-5-3-4-14(12-16)17(22)20-11-10-13-6-8-15(19)9-7-13/h3-9,12H,2,10-11H2,1H3,(H,20,22)(H,21,23). The summed E-state index contributed by atoms with van der Waals surface area (Å²) in [4.78, 5) is 23.6. The van der Waals surface area contributed by atoms with Crippen molar-refractivity contribution in [3.63, 3.8) is 0 Å². The van der Waals surface area contributed by atoms with Gasteiger partial charge < -0.3 is 10.1 Å². The zero-order chi connectivity index (χ0) is 17.4. The number of anilines is 1. The molecule has 0 aliphatic heterocycles. The van der Waals surface area contributed by atoms with Crippen LogP contribution in [-0.2, 0) is 11.2 Å². The van der Waals surface area contributed by atoms with E-state index in [1.807, 2.05) is 24.3 Å². The molecule has 0 heterocycles. The fourth-order valence-corrected chi connectivity index (χ4v) is 2.22. The minimum Gasteiger partial charge on any atom is -0.450 e. The first-order valence-corrected chi connectivity index (χ1v) is 8.02. The van der Waals surface area contributed by atoms with Crippen molar-refractivity contribution in [1.82, 2.24) is 5.32 Å². The second kappa shape index (κ2) is 8.93. The van der Waals surface area contributed by atoms with E-state index in [1.54, 1.807) is 31.2 Å². The Labute approximate surface area is 146 Å². The Morgan fingerprint density at radius 1 is 1.12 bits per heavy atom. The quantitative estimate of drug-likeness (QED) is 0.834. The maximum atomic E-state index is 12.2. The molecule has 24 heavy (non-hydrogen) atoms. The van der Waals surface area contributed by atoms with E-state index in [2.05, 4.69) is 10.6 Å². The van der Waals surface area contributed by atoms with Gasteiger partial charge in [0.15, 0.2) is 0 Å². The van der Waals surface area contributed by atoms with Gasteiger partial charge in [0.2, 0.25) is 0 Å². The second-order valence-corrected chi connectivity index (χ2v) is 5.50. The third kappa shape index (κ3) is 5.59. The highest BCUT2D eigenvalue weighted by molar-refractivity contribution is 6.30. The largest absolute Gasteiger partial charge is 0.450 e. The Morgan fingerprint density at radius 2 is 1.88 bits per heavy atom. The Kier molecular flexibility index (Phi) is 6.63. The minimum absolute atomic E-state index is 0.198. The number of benzene rings is 2. The topological polar surface area (TPSA) is 67.4 Å². The van der Waals surface area contributed by atoms with Gasteiger partial charge in [0.1, 0.15) is 0 Å². The molecule has 0 saturated carbocycles. The molecule has 0 spiro atoms. The molecule has 0 atom stereocenters. The lowest BCUT2D eigenvalue weighted by molar-refractivity contribution is 0.0954. The molecule has 0 radical (unpaired) electrons. The van der Waals surface area contributed by atoms with Gasteiger partial charge in [-0.15, -0.1) is 0 Å². The van der Waals surface area contributed by atoms with Crippen molar-refractivity contribution in [2.75, 3.05) is 18.5 Å². The summed E-state index contributed by atoms with van der Waals surface area (Å²) in [5.74, 6) is -0.198. The van der Waals surface area contributed by atoms with E-state index in [4.69, 9.17) is 16.3 Å². The van der Waals surface area contributed by atoms with Crippen molar-refractivity contribution in [3.05, 3.63) is 64.7 Å². The maximum Gasteiger partial charge on any atom is 0.411 e. The highest BCUT2D eigenvalue weighted by atomic mass is 35.5. The van der Waals surface area contributed by atoms with Gasteiger partial charge in [0.05, 0.1) is 6.61 Å². The van der Waals surface area contributed by atoms with E-state index < -0.39 is 6.09 Å². The number of ether oxygens (including phenoxy) is 1. The van der Waals surface area contributed by atoms with Crippen LogP contribution in [0.5, 0.6) is 0 Å². The van der Waals surface area contributed by atoms with Crippen LogP contribution in [0.1, 0.15) is 22.8 Å². The van der Waals surface area contributed by atoms with Gasteiger partial charge in [0, 0.05) is 22.8 Å². The van der Waals surface area contributed by atoms with Crippen molar-refractivity contribution in [2.45, 2.75) is 13.3 Å². The van der Waals surface area contributed by atoms with Gasteiger partial charge in [-0.1, -0.05) is 29.8 Å². The number of hydrogen-bond donors (Lipinski definition) is 2. The molecular weight excluding hydrogens is 328 g/mol. The van der Waals surface area contributed by atoms with Crippen molar-refractivity contribution >= 4 is 29.3 Å². The number of carbonyl (C=O) groups excluding carboxylic acids is 2. The second-order valence-electron chi connectivity index (χ2n) is 5.06. The monoisotopic (exact) mass is 346 g/mol. The molecule has 0 saturated heterocycles. The van der Waals surface area contributed by atoms with Crippen LogP contribution in [0.15, 0.2) is 48.5 Å². The molecule has 0 aliphatic rings. The summed E-state index contributed by atoms with van der Waals surface area (Å²) in [7, 11) is 0. The van der Waals surface area contributed by atoms with Crippen LogP contribution in [0.2, 0.25) is 5.02 Å². The maximum absolute atomic E-state index is 12.2. The Bertz CT molecular complexity index is 702. The first kappa shape index (κ1) is 17.8. The van der Waals surface area contributed by atoms with Gasteiger partial charge >= 0.3 is 6.09 Å². The molecule has 2 N–H and O–H groups in total. The predicted molar refractivity (Wildman–Crippen MR) is 94.6 cm³/mol. The lowest BCUT2D eigenvalue weighted by atomic mass is 10.1. The zero-order valence-corrected chi connectivity index (χ0v) is 14.1. The summed E-state index contributed by atoms with van der Waals surface area (Å²) in [6, 6.07) is 14.2. The summed E-state index contributed by atoms with van der Waals surface area (Å²) in [5, 5.41) is 6.11. The average molecular weight is 347 g/mol. The lowest BCUT2D eigenvalue weighted by Crippen LogP contribution is -2.25. The van der Waals surface area contributed by atoms with Crippen LogP contribution in [0.4, 0.5) is 10.5 Å². The van der Waals surface area contributed by atoms with E-state index in [0.29, 0.717) is 29.2 Å². The van der Waals surface area contributed by atoms with Crippen molar-refractivity contribution in [1.29, 1.82) is 0 Å². The zero-order valence-electron chi connectivity index (χ0n) is 13.3. The number of nitrogens with one attached hydrogen (secondary N) is 2. The molecule has 5 nitrogen and oxygen atoms in total. The van der Waals surface area contributed by atoms with Crippen LogP contribution in [0.25, 0.3) is 0 Å². The van der Waals surface area contributed by atoms with Crippen molar-refractivity contribution in [3.8, 4) is 0 Å². The molecule has 0 aromatic heterocycles. The average Bonchev–Trinajstić information content (AvgIpc) is 2.57. The minimum atomic E-state index is -0.544. The summed E-state index contributed by atoms with van der Waals surface area (Å²) < 4.78 is 4.81. The summed E-state index contributed by atoms with van der Waals surface area (Å²) in [6.45, 7) is 2.52. The molecular formula is C18H19ClN2O3. The number of carbonyl (C=O) groups is 2. The number of hydrogen-bond acceptors (Lipinski definition) is 3. The lowest BCUT2D eigenvalue weighted by Gasteiger charge is -2.08.